The minimum atomic E-state index is -3.09. The van der Waals surface area contributed by atoms with Crippen LogP contribution in [0, 0.1) is 34.9 Å². The summed E-state index contributed by atoms with van der Waals surface area (Å²) in [4.78, 5) is 0. The molecule has 0 unspecified atom stereocenters. The van der Waals surface area contributed by atoms with Gasteiger partial charge in [-0.1, -0.05) is 30.3 Å². The maximum atomic E-state index is 15.2. The number of benzene rings is 4. The van der Waals surface area contributed by atoms with Gasteiger partial charge < -0.3 is 5.11 Å². The Balaban J connectivity index is 2.24. The van der Waals surface area contributed by atoms with E-state index in [1.807, 2.05) is 0 Å². The minimum absolute atomic E-state index is 0.129. The molecule has 162 valence electrons. The molecule has 0 heterocycles. The third kappa shape index (κ3) is 3.51. The van der Waals surface area contributed by atoms with Gasteiger partial charge in [-0.2, -0.15) is 21.9 Å². The monoisotopic (exact) mass is 443 g/mol. The Morgan fingerprint density at radius 3 is 1.12 bits per heavy atom. The molecule has 0 saturated heterocycles. The Morgan fingerprint density at radius 2 is 0.812 bits per heavy atom. The molecule has 32 heavy (non-hydrogen) atoms. The molecule has 0 aliphatic carbocycles. The molecule has 8 heteroatoms. The Morgan fingerprint density at radius 1 is 0.469 bits per heavy atom. The van der Waals surface area contributed by atoms with Crippen molar-refractivity contribution in [3.8, 4) is 5.75 Å². The number of hydrogen-bond donors (Lipinski definition) is 1. The Labute approximate surface area is 179 Å². The summed E-state index contributed by atoms with van der Waals surface area (Å²) in [7, 11) is 0. The smallest absolute Gasteiger partial charge is 0.125 e. The molecule has 1 N–H and O–H groups in total. The lowest BCUT2D eigenvalue weighted by atomic mass is 9.12. The number of phenols is 1. The van der Waals surface area contributed by atoms with E-state index in [-0.39, 0.29) is 27.6 Å². The van der Waals surface area contributed by atoms with Gasteiger partial charge in [-0.3, -0.25) is 0 Å². The number of phenolic OH excluding ortho intramolecular Hbond substituents is 1. The standard InChI is InChI=1S/C24H14BF6O/c26-15-3-8-19(22(29)11-15)25(14-1-6-18(32)7-2-14,20-9-4-16(27)12-23(20)30)21-10-5-17(28)13-24(21)31/h1-13,32H/q-1. The molecule has 0 amide bonds. The second kappa shape index (κ2) is 8.11. The number of halogens is 6. The average molecular weight is 443 g/mol. The van der Waals surface area contributed by atoms with Crippen LogP contribution in [0.15, 0.2) is 78.9 Å². The first-order valence-electron chi connectivity index (χ1n) is 9.55. The summed E-state index contributed by atoms with van der Waals surface area (Å²) in [5.74, 6) is -6.24. The number of rotatable bonds is 4. The SMILES string of the molecule is Oc1ccc([B-](c2ccc(F)cc2F)(c2ccc(F)cc2F)c2ccc(F)cc2F)cc1. The molecule has 0 bridgehead atoms. The summed E-state index contributed by atoms with van der Waals surface area (Å²) in [6.45, 7) is 0. The number of hydrogen-bond acceptors (Lipinski definition) is 1. The van der Waals surface area contributed by atoms with Gasteiger partial charge in [-0.25, -0.2) is 26.3 Å². The zero-order valence-corrected chi connectivity index (χ0v) is 16.3. The van der Waals surface area contributed by atoms with Crippen molar-refractivity contribution in [2.45, 2.75) is 0 Å². The highest BCUT2D eigenvalue weighted by Crippen LogP contribution is 2.18. The second-order valence-electron chi connectivity index (χ2n) is 7.46. The zero-order chi connectivity index (χ0) is 23.0. The van der Waals surface area contributed by atoms with Gasteiger partial charge >= 0.3 is 0 Å². The highest BCUT2D eigenvalue weighted by Gasteiger charge is 2.38. The van der Waals surface area contributed by atoms with Gasteiger partial charge in [0, 0.05) is 18.2 Å². The summed E-state index contributed by atoms with van der Waals surface area (Å²) in [6, 6.07) is 12.7. The fourth-order valence-electron chi connectivity index (χ4n) is 4.36. The lowest BCUT2D eigenvalue weighted by Gasteiger charge is -2.44. The van der Waals surface area contributed by atoms with Crippen molar-refractivity contribution in [1.29, 1.82) is 0 Å². The number of aromatic hydroxyl groups is 1. The molecule has 0 saturated carbocycles. The molecule has 4 aromatic rings. The van der Waals surface area contributed by atoms with E-state index in [2.05, 4.69) is 0 Å². The van der Waals surface area contributed by atoms with Gasteiger partial charge in [-0.15, -0.1) is 0 Å². The van der Waals surface area contributed by atoms with Crippen molar-refractivity contribution in [2.24, 2.45) is 0 Å². The third-order valence-electron chi connectivity index (χ3n) is 5.68. The van der Waals surface area contributed by atoms with Crippen LogP contribution >= 0.6 is 0 Å². The van der Waals surface area contributed by atoms with E-state index >= 15 is 13.2 Å². The van der Waals surface area contributed by atoms with Crippen LogP contribution in [0.2, 0.25) is 0 Å². The molecular weight excluding hydrogens is 429 g/mol. The first-order valence-corrected chi connectivity index (χ1v) is 9.55. The first-order chi connectivity index (χ1) is 15.2. The van der Waals surface area contributed by atoms with Crippen LogP contribution in [-0.2, 0) is 0 Å². The average Bonchev–Trinajstić information content (AvgIpc) is 2.72. The van der Waals surface area contributed by atoms with Gasteiger partial charge in [0.2, 0.25) is 0 Å². The van der Waals surface area contributed by atoms with Crippen LogP contribution in [0.5, 0.6) is 5.75 Å². The molecule has 0 aliphatic rings. The summed E-state index contributed by atoms with van der Waals surface area (Å²) in [5.41, 5.74) is -0.765. The molecule has 0 radical (unpaired) electrons. The second-order valence-corrected chi connectivity index (χ2v) is 7.46. The van der Waals surface area contributed by atoms with Crippen molar-refractivity contribution in [2.75, 3.05) is 0 Å². The van der Waals surface area contributed by atoms with E-state index in [1.54, 1.807) is 0 Å². The van der Waals surface area contributed by atoms with E-state index < -0.39 is 41.0 Å². The lowest BCUT2D eigenvalue weighted by Crippen LogP contribution is -2.76. The maximum Gasteiger partial charge on any atom is 0.125 e. The molecule has 4 aromatic carbocycles. The van der Waals surface area contributed by atoms with Crippen molar-refractivity contribution in [1.82, 2.24) is 0 Å². The van der Waals surface area contributed by atoms with Crippen LogP contribution in [0.25, 0.3) is 0 Å². The quantitative estimate of drug-likeness (QED) is 0.378. The first kappa shape index (κ1) is 21.6. The summed E-state index contributed by atoms with van der Waals surface area (Å²) in [6.07, 6.45) is -3.09. The highest BCUT2D eigenvalue weighted by atomic mass is 19.2. The molecule has 0 atom stereocenters. The molecule has 0 spiro atoms. The molecule has 1 nitrogen and oxygen atoms in total. The fraction of sp³-hybridized carbons (Fsp3) is 0. The predicted molar refractivity (Wildman–Crippen MR) is 111 cm³/mol. The largest absolute Gasteiger partial charge is 0.508 e. The van der Waals surface area contributed by atoms with Crippen LogP contribution in [0.1, 0.15) is 0 Å². The van der Waals surface area contributed by atoms with Crippen LogP contribution in [0.4, 0.5) is 26.3 Å². The Hall–Kier alpha value is -3.68. The van der Waals surface area contributed by atoms with Crippen LogP contribution in [0.3, 0.4) is 0 Å². The zero-order valence-electron chi connectivity index (χ0n) is 16.3. The predicted octanol–water partition coefficient (Wildman–Crippen LogP) is 3.60. The van der Waals surface area contributed by atoms with Crippen molar-refractivity contribution >= 4 is 28.0 Å². The topological polar surface area (TPSA) is 20.2 Å². The minimum Gasteiger partial charge on any atom is -0.508 e. The van der Waals surface area contributed by atoms with Crippen molar-refractivity contribution in [3.63, 3.8) is 0 Å². The van der Waals surface area contributed by atoms with Gasteiger partial charge in [0.15, 0.2) is 0 Å². The van der Waals surface area contributed by atoms with E-state index in [4.69, 9.17) is 0 Å². The summed E-state index contributed by atoms with van der Waals surface area (Å²) >= 11 is 0. The molecule has 0 aromatic heterocycles. The van der Waals surface area contributed by atoms with Crippen LogP contribution in [-0.4, -0.2) is 11.3 Å². The van der Waals surface area contributed by atoms with E-state index in [1.165, 1.54) is 24.3 Å². The summed E-state index contributed by atoms with van der Waals surface area (Å²) in [5, 5.41) is 9.74. The molecule has 0 aliphatic heterocycles. The van der Waals surface area contributed by atoms with E-state index in [0.717, 1.165) is 36.4 Å². The van der Waals surface area contributed by atoms with Gasteiger partial charge in [0.05, 0.1) is 17.5 Å². The molecule has 4 rings (SSSR count). The normalized spacial score (nSPS) is 11.6. The van der Waals surface area contributed by atoms with Crippen LogP contribution < -0.4 is 21.9 Å². The van der Waals surface area contributed by atoms with Gasteiger partial charge in [0.1, 0.15) is 29.3 Å². The fourth-order valence-corrected chi connectivity index (χ4v) is 4.36. The van der Waals surface area contributed by atoms with Gasteiger partial charge in [0.25, 0.3) is 0 Å². The third-order valence-corrected chi connectivity index (χ3v) is 5.68. The van der Waals surface area contributed by atoms with E-state index in [0.29, 0.717) is 18.2 Å². The maximum absolute atomic E-state index is 15.2. The van der Waals surface area contributed by atoms with Crippen molar-refractivity contribution < 1.29 is 31.4 Å². The van der Waals surface area contributed by atoms with Crippen molar-refractivity contribution in [3.05, 3.63) is 114 Å². The molecule has 0 fully saturated rings. The highest BCUT2D eigenvalue weighted by molar-refractivity contribution is 7.20. The molecular formula is C24H14BF6O-. The lowest BCUT2D eigenvalue weighted by molar-refractivity contribution is 0.475. The summed E-state index contributed by atoms with van der Waals surface area (Å²) < 4.78 is 87.0. The van der Waals surface area contributed by atoms with Gasteiger partial charge in [-0.05, 0) is 30.3 Å². The Kier molecular flexibility index (Phi) is 5.46. The van der Waals surface area contributed by atoms with E-state index in [9.17, 15) is 18.3 Å². The Bertz CT molecular complexity index is 1180.